The second-order valence-electron chi connectivity index (χ2n) is 13.2. The predicted octanol–water partition coefficient (Wildman–Crippen LogP) is 3.45. The zero-order valence-electron chi connectivity index (χ0n) is 29.1. The molecule has 2 aromatic carbocycles. The number of amides is 3. The van der Waals surface area contributed by atoms with Gasteiger partial charge in [-0.1, -0.05) is 23.7 Å². The first kappa shape index (κ1) is 35.0. The van der Waals surface area contributed by atoms with Gasteiger partial charge >= 0.3 is 0 Å². The van der Waals surface area contributed by atoms with E-state index in [0.717, 1.165) is 41.5 Å². The van der Waals surface area contributed by atoms with Gasteiger partial charge in [0, 0.05) is 68.9 Å². The summed E-state index contributed by atoms with van der Waals surface area (Å²) in [6.07, 6.45) is 4.88. The molecule has 3 amide bonds. The summed E-state index contributed by atoms with van der Waals surface area (Å²) >= 11 is 6.57. The van der Waals surface area contributed by atoms with Crippen LogP contribution in [0.4, 0.5) is 23.1 Å². The van der Waals surface area contributed by atoms with Gasteiger partial charge in [0.2, 0.25) is 17.8 Å². The number of rotatable bonds is 10. The number of carbonyl (C=O) groups is 3. The minimum absolute atomic E-state index is 0.196. The first-order chi connectivity index (χ1) is 25.1. The Bertz CT molecular complexity index is 2070. The van der Waals surface area contributed by atoms with Crippen molar-refractivity contribution in [3.8, 4) is 5.75 Å². The molecule has 2 aromatic heterocycles. The number of likely N-dealkylation sites (N-methyl/N-ethyl adjacent to an activating group) is 2. The molecule has 0 radical (unpaired) electrons. The number of aliphatic hydroxyl groups excluding tert-OH is 1. The van der Waals surface area contributed by atoms with Crippen molar-refractivity contribution in [2.45, 2.75) is 37.8 Å². The van der Waals surface area contributed by atoms with Crippen LogP contribution in [-0.4, -0.2) is 89.2 Å². The Balaban J connectivity index is 1.03. The molecule has 52 heavy (non-hydrogen) atoms. The van der Waals surface area contributed by atoms with E-state index in [1.165, 1.54) is 7.05 Å². The predicted molar refractivity (Wildman–Crippen MR) is 195 cm³/mol. The van der Waals surface area contributed by atoms with Crippen LogP contribution in [0.3, 0.4) is 0 Å². The standard InChI is InChI=1S/C36H40ClN9O6/c1-38-30(48)19-52-28-15-21-14-22(9-11-26(21)44(2)35(28)50)40-33-25(37)16-39-36(42-33)46-13-5-6-20(17-46)18-51-27-8-4-7-23-31(43-45(3)32(23)27)24-10-12-29(47)41-34(24)49/h4,7-9,11,14-16,20,24,35,50H,5-6,10,12-13,17-19H2,1-3H3,(H,38,48)(H,39,40,42)(H,41,47,49). The van der Waals surface area contributed by atoms with Crippen molar-refractivity contribution < 1.29 is 29.0 Å². The third kappa shape index (κ3) is 7.05. The number of aromatic nitrogens is 4. The normalized spacial score (nSPS) is 20.2. The molecule has 5 heterocycles. The smallest absolute Gasteiger partial charge is 0.257 e. The van der Waals surface area contributed by atoms with Gasteiger partial charge in [0.05, 0.1) is 24.4 Å². The Labute approximate surface area is 304 Å². The summed E-state index contributed by atoms with van der Waals surface area (Å²) < 4.78 is 13.8. The SMILES string of the molecule is CNC(=O)COC1=Cc2cc(Nc3nc(N4CCCC(COc5cccc6c(C7CCC(=O)NC7=O)nn(C)c56)C4)ncc3Cl)ccc2N(C)C1O. The molecule has 0 spiro atoms. The van der Waals surface area contributed by atoms with E-state index in [1.54, 1.807) is 28.9 Å². The lowest BCUT2D eigenvalue weighted by Gasteiger charge is -2.33. The van der Waals surface area contributed by atoms with Gasteiger partial charge in [0.25, 0.3) is 5.91 Å². The number of halogens is 1. The lowest BCUT2D eigenvalue weighted by atomic mass is 9.93. The van der Waals surface area contributed by atoms with Crippen LogP contribution in [0.1, 0.15) is 42.9 Å². The van der Waals surface area contributed by atoms with E-state index in [9.17, 15) is 19.5 Å². The van der Waals surface area contributed by atoms with Crippen LogP contribution in [-0.2, 0) is 26.2 Å². The zero-order chi connectivity index (χ0) is 36.5. The highest BCUT2D eigenvalue weighted by Crippen LogP contribution is 2.36. The number of aryl methyl sites for hydroxylation is 1. The molecule has 3 aliphatic rings. The number of nitrogens with one attached hydrogen (secondary N) is 3. The molecule has 2 fully saturated rings. The van der Waals surface area contributed by atoms with Gasteiger partial charge in [0.15, 0.2) is 18.7 Å². The lowest BCUT2D eigenvalue weighted by molar-refractivity contribution is -0.134. The molecule has 7 rings (SSSR count). The van der Waals surface area contributed by atoms with E-state index in [0.29, 0.717) is 53.5 Å². The Morgan fingerprint density at radius 2 is 2.00 bits per heavy atom. The van der Waals surface area contributed by atoms with Crippen molar-refractivity contribution in [3.05, 3.63) is 64.6 Å². The number of hydrogen-bond acceptors (Lipinski definition) is 12. The number of aliphatic hydroxyl groups is 1. The van der Waals surface area contributed by atoms with Crippen LogP contribution in [0.2, 0.25) is 5.02 Å². The molecule has 4 N–H and O–H groups in total. The highest BCUT2D eigenvalue weighted by molar-refractivity contribution is 6.32. The Kier molecular flexibility index (Phi) is 9.88. The van der Waals surface area contributed by atoms with E-state index in [4.69, 9.17) is 26.1 Å². The summed E-state index contributed by atoms with van der Waals surface area (Å²) in [5.41, 5.74) is 3.74. The molecule has 0 bridgehead atoms. The summed E-state index contributed by atoms with van der Waals surface area (Å²) in [5.74, 6) is 0.766. The van der Waals surface area contributed by atoms with Gasteiger partial charge in [-0.25, -0.2) is 4.98 Å². The van der Waals surface area contributed by atoms with Crippen molar-refractivity contribution >= 4 is 69.4 Å². The number of benzene rings is 2. The molecule has 3 unspecified atom stereocenters. The first-order valence-corrected chi connectivity index (χ1v) is 17.5. The highest BCUT2D eigenvalue weighted by atomic mass is 35.5. The maximum Gasteiger partial charge on any atom is 0.257 e. The number of anilines is 4. The van der Waals surface area contributed by atoms with E-state index in [-0.39, 0.29) is 42.4 Å². The van der Waals surface area contributed by atoms with E-state index < -0.39 is 12.1 Å². The van der Waals surface area contributed by atoms with Crippen molar-refractivity contribution in [1.82, 2.24) is 30.4 Å². The molecule has 0 aliphatic carbocycles. The number of nitrogens with zero attached hydrogens (tertiary/aromatic N) is 6. The molecule has 3 atom stereocenters. The topological polar surface area (TPSA) is 176 Å². The van der Waals surface area contributed by atoms with Crippen molar-refractivity contribution in [3.63, 3.8) is 0 Å². The summed E-state index contributed by atoms with van der Waals surface area (Å²) in [4.78, 5) is 49.2. The fraction of sp³-hybridized carbons (Fsp3) is 0.389. The monoisotopic (exact) mass is 729 g/mol. The molecular weight excluding hydrogens is 690 g/mol. The van der Waals surface area contributed by atoms with Crippen LogP contribution in [0.25, 0.3) is 17.0 Å². The molecule has 15 nitrogen and oxygen atoms in total. The average molecular weight is 730 g/mol. The Hall–Kier alpha value is -5.41. The van der Waals surface area contributed by atoms with E-state index in [2.05, 4.69) is 30.9 Å². The van der Waals surface area contributed by atoms with Crippen molar-refractivity contribution in [1.29, 1.82) is 0 Å². The molecule has 16 heteroatoms. The third-order valence-corrected chi connectivity index (χ3v) is 9.95. The van der Waals surface area contributed by atoms with Crippen LogP contribution >= 0.6 is 11.6 Å². The minimum atomic E-state index is -1.03. The van der Waals surface area contributed by atoms with Gasteiger partial charge in [-0.3, -0.25) is 24.4 Å². The summed E-state index contributed by atoms with van der Waals surface area (Å²) in [6, 6.07) is 11.4. The first-order valence-electron chi connectivity index (χ1n) is 17.2. The van der Waals surface area contributed by atoms with Gasteiger partial charge in [0.1, 0.15) is 22.0 Å². The molecule has 2 saturated heterocycles. The maximum atomic E-state index is 12.6. The third-order valence-electron chi connectivity index (χ3n) is 9.67. The minimum Gasteiger partial charge on any atom is -0.491 e. The lowest BCUT2D eigenvalue weighted by Crippen LogP contribution is -2.39. The number of ether oxygens (including phenoxy) is 2. The number of imide groups is 1. The van der Waals surface area contributed by atoms with Gasteiger partial charge in [-0.05, 0) is 49.6 Å². The van der Waals surface area contributed by atoms with Crippen LogP contribution < -0.4 is 30.5 Å². The molecule has 4 aromatic rings. The second kappa shape index (κ2) is 14.7. The molecular formula is C36H40ClN9O6. The summed E-state index contributed by atoms with van der Waals surface area (Å²) in [5, 5.41) is 24.8. The largest absolute Gasteiger partial charge is 0.491 e. The molecule has 3 aliphatic heterocycles. The maximum absolute atomic E-state index is 12.6. The van der Waals surface area contributed by atoms with E-state index in [1.807, 2.05) is 43.4 Å². The average Bonchev–Trinajstić information content (AvgIpc) is 3.48. The van der Waals surface area contributed by atoms with Gasteiger partial charge in [-0.15, -0.1) is 0 Å². The van der Waals surface area contributed by atoms with Gasteiger partial charge < -0.3 is 35.0 Å². The molecule has 0 saturated carbocycles. The number of para-hydroxylation sites is 1. The number of hydrogen-bond donors (Lipinski definition) is 4. The quantitative estimate of drug-likeness (QED) is 0.175. The number of piperidine rings is 2. The van der Waals surface area contributed by atoms with Crippen LogP contribution in [0.15, 0.2) is 48.4 Å². The summed E-state index contributed by atoms with van der Waals surface area (Å²) in [6.45, 7) is 1.72. The molecule has 272 valence electrons. The Morgan fingerprint density at radius 3 is 2.81 bits per heavy atom. The van der Waals surface area contributed by atoms with Crippen molar-refractivity contribution in [2.24, 2.45) is 13.0 Å². The number of carbonyl (C=O) groups excluding carboxylic acids is 3. The highest BCUT2D eigenvalue weighted by Gasteiger charge is 2.32. The van der Waals surface area contributed by atoms with Crippen LogP contribution in [0.5, 0.6) is 5.75 Å². The van der Waals surface area contributed by atoms with Crippen molar-refractivity contribution in [2.75, 3.05) is 55.5 Å². The van der Waals surface area contributed by atoms with E-state index >= 15 is 0 Å². The Morgan fingerprint density at radius 1 is 1.15 bits per heavy atom. The fourth-order valence-corrected chi connectivity index (χ4v) is 7.08. The second-order valence-corrected chi connectivity index (χ2v) is 13.6. The zero-order valence-corrected chi connectivity index (χ0v) is 29.8. The fourth-order valence-electron chi connectivity index (χ4n) is 6.94. The summed E-state index contributed by atoms with van der Waals surface area (Å²) in [7, 11) is 5.10. The van der Waals surface area contributed by atoms with Gasteiger partial charge in [-0.2, -0.15) is 10.1 Å². The number of fused-ring (bicyclic) bond motifs is 2. The van der Waals surface area contributed by atoms with Crippen LogP contribution in [0, 0.1) is 5.92 Å².